The molecule has 1 aromatic carbocycles. The molecule has 0 aromatic heterocycles. The summed E-state index contributed by atoms with van der Waals surface area (Å²) >= 11 is 0. The molecule has 1 aromatic rings. The Balaban J connectivity index is 1.92. The molecule has 3 heteroatoms. The summed E-state index contributed by atoms with van der Waals surface area (Å²) in [6.07, 6.45) is 7.73. The summed E-state index contributed by atoms with van der Waals surface area (Å²) in [4.78, 5) is 13.6. The number of aryl methyl sites for hydroxylation is 1. The molecule has 1 aliphatic carbocycles. The second-order valence-electron chi connectivity index (χ2n) is 6.74. The van der Waals surface area contributed by atoms with Crippen LogP contribution in [0.1, 0.15) is 62.6 Å². The fraction of sp³-hybridized carbons (Fsp3) is 0.611. The highest BCUT2D eigenvalue weighted by molar-refractivity contribution is 5.95. The zero-order chi connectivity index (χ0) is 15.0. The highest BCUT2D eigenvalue weighted by atomic mass is 16.2. The number of benzene rings is 1. The van der Waals surface area contributed by atoms with Crippen molar-refractivity contribution in [3.05, 3.63) is 29.3 Å². The number of nitrogens with zero attached hydrogens (tertiary/aromatic N) is 1. The lowest BCUT2D eigenvalue weighted by Crippen LogP contribution is -2.33. The van der Waals surface area contributed by atoms with Gasteiger partial charge in [0.15, 0.2) is 0 Å². The van der Waals surface area contributed by atoms with Crippen LogP contribution in [0.5, 0.6) is 0 Å². The molecule has 0 bridgehead atoms. The maximum Gasteiger partial charge on any atom is 0.227 e. The molecule has 1 atom stereocenters. The van der Waals surface area contributed by atoms with Crippen molar-refractivity contribution in [1.82, 2.24) is 0 Å². The van der Waals surface area contributed by atoms with Gasteiger partial charge in [0, 0.05) is 25.2 Å². The van der Waals surface area contributed by atoms with Crippen LogP contribution in [0, 0.1) is 5.41 Å². The van der Waals surface area contributed by atoms with E-state index in [1.54, 1.807) is 4.90 Å². The van der Waals surface area contributed by atoms with Gasteiger partial charge in [-0.2, -0.15) is 0 Å². The second kappa shape index (κ2) is 5.45. The molecular weight excluding hydrogens is 260 g/mol. The van der Waals surface area contributed by atoms with Crippen molar-refractivity contribution in [2.45, 2.75) is 57.9 Å². The largest absolute Gasteiger partial charge is 0.323 e. The van der Waals surface area contributed by atoms with E-state index in [1.807, 2.05) is 7.05 Å². The minimum Gasteiger partial charge on any atom is -0.323 e. The number of hydrogen-bond acceptors (Lipinski definition) is 2. The first-order chi connectivity index (χ1) is 10.1. The molecule has 0 saturated heterocycles. The monoisotopic (exact) mass is 286 g/mol. The lowest BCUT2D eigenvalue weighted by molar-refractivity contribution is -0.118. The van der Waals surface area contributed by atoms with Crippen LogP contribution >= 0.6 is 0 Å². The Morgan fingerprint density at radius 3 is 2.67 bits per heavy atom. The number of nitrogens with two attached hydrogens (primary N) is 1. The van der Waals surface area contributed by atoms with E-state index in [1.165, 1.54) is 36.8 Å². The molecule has 0 spiro atoms. The predicted octanol–water partition coefficient (Wildman–Crippen LogP) is 3.57. The van der Waals surface area contributed by atoms with Crippen LogP contribution in [-0.2, 0) is 11.2 Å². The summed E-state index contributed by atoms with van der Waals surface area (Å²) in [5.74, 6) is 0.209. The van der Waals surface area contributed by atoms with Gasteiger partial charge >= 0.3 is 0 Å². The Morgan fingerprint density at radius 1 is 1.29 bits per heavy atom. The molecule has 3 rings (SSSR count). The van der Waals surface area contributed by atoms with E-state index in [4.69, 9.17) is 5.73 Å². The minimum absolute atomic E-state index is 0.123. The summed E-state index contributed by atoms with van der Waals surface area (Å²) < 4.78 is 0. The van der Waals surface area contributed by atoms with Crippen LogP contribution in [0.2, 0.25) is 0 Å². The third-order valence-corrected chi connectivity index (χ3v) is 5.77. The normalized spacial score (nSPS) is 22.2. The van der Waals surface area contributed by atoms with Crippen LogP contribution in [0.4, 0.5) is 5.69 Å². The quantitative estimate of drug-likeness (QED) is 0.923. The Kier molecular flexibility index (Phi) is 3.78. The Bertz CT molecular complexity index is 546. The number of rotatable bonds is 3. The molecule has 1 fully saturated rings. The molecule has 1 aliphatic heterocycles. The van der Waals surface area contributed by atoms with Gasteiger partial charge in [-0.15, -0.1) is 0 Å². The van der Waals surface area contributed by atoms with E-state index in [-0.39, 0.29) is 17.4 Å². The molecule has 3 nitrogen and oxygen atoms in total. The van der Waals surface area contributed by atoms with Crippen LogP contribution in [0.15, 0.2) is 18.2 Å². The molecule has 114 valence electrons. The molecule has 2 N–H and O–H groups in total. The number of anilines is 1. The molecular formula is C18H26N2O. The summed E-state index contributed by atoms with van der Waals surface area (Å²) in [5, 5.41) is 0. The maximum atomic E-state index is 11.8. The second-order valence-corrected chi connectivity index (χ2v) is 6.74. The average molecular weight is 286 g/mol. The van der Waals surface area contributed by atoms with Gasteiger partial charge in [-0.3, -0.25) is 4.79 Å². The van der Waals surface area contributed by atoms with Gasteiger partial charge in [0.2, 0.25) is 5.91 Å². The van der Waals surface area contributed by atoms with E-state index in [0.717, 1.165) is 18.5 Å². The Labute approximate surface area is 127 Å². The molecule has 1 amide bonds. The van der Waals surface area contributed by atoms with Gasteiger partial charge in [-0.1, -0.05) is 31.9 Å². The van der Waals surface area contributed by atoms with E-state index in [9.17, 15) is 4.79 Å². The van der Waals surface area contributed by atoms with Crippen molar-refractivity contribution in [3.8, 4) is 0 Å². The van der Waals surface area contributed by atoms with Crippen LogP contribution < -0.4 is 10.6 Å². The van der Waals surface area contributed by atoms with Crippen molar-refractivity contribution in [2.75, 3.05) is 11.9 Å². The van der Waals surface area contributed by atoms with Gasteiger partial charge in [0.05, 0.1) is 0 Å². The molecule has 1 saturated carbocycles. The van der Waals surface area contributed by atoms with Crippen LogP contribution in [-0.4, -0.2) is 13.0 Å². The first-order valence-corrected chi connectivity index (χ1v) is 8.22. The highest BCUT2D eigenvalue weighted by Crippen LogP contribution is 2.49. The van der Waals surface area contributed by atoms with Gasteiger partial charge in [0.1, 0.15) is 0 Å². The summed E-state index contributed by atoms with van der Waals surface area (Å²) in [7, 11) is 1.87. The predicted molar refractivity (Wildman–Crippen MR) is 86.3 cm³/mol. The smallest absolute Gasteiger partial charge is 0.227 e. The molecule has 1 heterocycles. The van der Waals surface area contributed by atoms with Crippen LogP contribution in [0.25, 0.3) is 0 Å². The van der Waals surface area contributed by atoms with Gasteiger partial charge < -0.3 is 10.6 Å². The molecule has 1 unspecified atom stereocenters. The average Bonchev–Trinajstić information content (AvgIpc) is 3.00. The third-order valence-electron chi connectivity index (χ3n) is 5.77. The van der Waals surface area contributed by atoms with E-state index < -0.39 is 0 Å². The SMILES string of the molecule is CCC1(C(N)c2ccc3c(c2)CCC(=O)N3C)CCCC1. The summed E-state index contributed by atoms with van der Waals surface area (Å²) in [6, 6.07) is 6.59. The first-order valence-electron chi connectivity index (χ1n) is 8.22. The fourth-order valence-corrected chi connectivity index (χ4v) is 4.19. The Hall–Kier alpha value is -1.35. The standard InChI is InChI=1S/C18H26N2O/c1-3-18(10-4-5-11-18)17(19)14-6-8-15-13(12-14)7-9-16(21)20(15)2/h6,8,12,17H,3-5,7,9-11,19H2,1-2H3. The number of carbonyl (C=O) groups excluding carboxylic acids is 1. The zero-order valence-corrected chi connectivity index (χ0v) is 13.2. The first kappa shape index (κ1) is 14.6. The van der Waals surface area contributed by atoms with Crippen molar-refractivity contribution < 1.29 is 4.79 Å². The van der Waals surface area contributed by atoms with E-state index >= 15 is 0 Å². The zero-order valence-electron chi connectivity index (χ0n) is 13.2. The lowest BCUT2D eigenvalue weighted by Gasteiger charge is -2.35. The highest BCUT2D eigenvalue weighted by Gasteiger charge is 2.38. The fourth-order valence-electron chi connectivity index (χ4n) is 4.19. The molecule has 2 aliphatic rings. The van der Waals surface area contributed by atoms with Crippen molar-refractivity contribution in [3.63, 3.8) is 0 Å². The third kappa shape index (κ3) is 2.38. The number of carbonyl (C=O) groups is 1. The number of hydrogen-bond donors (Lipinski definition) is 1. The van der Waals surface area contributed by atoms with Crippen molar-refractivity contribution in [1.29, 1.82) is 0 Å². The van der Waals surface area contributed by atoms with Gasteiger partial charge in [-0.25, -0.2) is 0 Å². The van der Waals surface area contributed by atoms with E-state index in [0.29, 0.717) is 6.42 Å². The van der Waals surface area contributed by atoms with Gasteiger partial charge in [-0.05, 0) is 48.3 Å². The Morgan fingerprint density at radius 2 is 2.00 bits per heavy atom. The molecule has 0 radical (unpaired) electrons. The lowest BCUT2D eigenvalue weighted by atomic mass is 9.73. The van der Waals surface area contributed by atoms with Crippen LogP contribution in [0.3, 0.4) is 0 Å². The minimum atomic E-state index is 0.123. The summed E-state index contributed by atoms with van der Waals surface area (Å²) in [5.41, 5.74) is 10.5. The maximum absolute atomic E-state index is 11.8. The summed E-state index contributed by atoms with van der Waals surface area (Å²) in [6.45, 7) is 2.27. The van der Waals surface area contributed by atoms with Gasteiger partial charge in [0.25, 0.3) is 0 Å². The number of amides is 1. The molecule has 21 heavy (non-hydrogen) atoms. The number of fused-ring (bicyclic) bond motifs is 1. The van der Waals surface area contributed by atoms with Crippen molar-refractivity contribution >= 4 is 11.6 Å². The van der Waals surface area contributed by atoms with E-state index in [2.05, 4.69) is 25.1 Å². The topological polar surface area (TPSA) is 46.3 Å². The van der Waals surface area contributed by atoms with Crippen molar-refractivity contribution in [2.24, 2.45) is 11.1 Å².